The summed E-state index contributed by atoms with van der Waals surface area (Å²) in [6.45, 7) is 6.58. The number of rotatable bonds is 5. The fourth-order valence-corrected chi connectivity index (χ4v) is 2.06. The molecule has 20 heavy (non-hydrogen) atoms. The Balaban J connectivity index is 2.04. The van der Waals surface area contributed by atoms with E-state index in [1.807, 2.05) is 31.2 Å². The number of hydrogen-bond acceptors (Lipinski definition) is 2. The molecule has 2 rings (SSSR count). The van der Waals surface area contributed by atoms with Gasteiger partial charge in [-0.05, 0) is 49.2 Å². The number of carbonyl (C=O) groups excluding carboxylic acids is 1. The van der Waals surface area contributed by atoms with E-state index in [4.69, 9.17) is 4.74 Å². The SMILES string of the molecule is CCC(=O)c1ccc(OCc2cc(C)ccc2C)cc1. The Bertz CT molecular complexity index is 597. The Morgan fingerprint density at radius 3 is 2.40 bits per heavy atom. The summed E-state index contributed by atoms with van der Waals surface area (Å²) in [5, 5.41) is 0. The van der Waals surface area contributed by atoms with E-state index in [2.05, 4.69) is 32.0 Å². The van der Waals surface area contributed by atoms with Crippen LogP contribution >= 0.6 is 0 Å². The normalized spacial score (nSPS) is 10.3. The van der Waals surface area contributed by atoms with Gasteiger partial charge in [0, 0.05) is 12.0 Å². The molecule has 0 aliphatic heterocycles. The predicted octanol–water partition coefficient (Wildman–Crippen LogP) is 4.48. The number of Topliss-reactive ketones (excluding diaryl/α,β-unsaturated/α-hetero) is 1. The molecular weight excluding hydrogens is 248 g/mol. The van der Waals surface area contributed by atoms with E-state index in [0.717, 1.165) is 11.3 Å². The second kappa shape index (κ2) is 6.38. The van der Waals surface area contributed by atoms with Crippen molar-refractivity contribution in [3.63, 3.8) is 0 Å². The highest BCUT2D eigenvalue weighted by molar-refractivity contribution is 5.95. The van der Waals surface area contributed by atoms with E-state index >= 15 is 0 Å². The van der Waals surface area contributed by atoms with Gasteiger partial charge in [0.05, 0.1) is 0 Å². The molecule has 0 unspecified atom stereocenters. The van der Waals surface area contributed by atoms with Crippen LogP contribution in [0.25, 0.3) is 0 Å². The Labute approximate surface area is 120 Å². The average Bonchev–Trinajstić information content (AvgIpc) is 2.48. The lowest BCUT2D eigenvalue weighted by Crippen LogP contribution is -2.00. The van der Waals surface area contributed by atoms with Crippen LogP contribution < -0.4 is 4.74 Å². The summed E-state index contributed by atoms with van der Waals surface area (Å²) in [6, 6.07) is 13.7. The molecule has 0 amide bonds. The van der Waals surface area contributed by atoms with Crippen LogP contribution in [0.1, 0.15) is 40.4 Å². The minimum Gasteiger partial charge on any atom is -0.489 e. The molecule has 0 aliphatic rings. The van der Waals surface area contributed by atoms with Gasteiger partial charge in [0.25, 0.3) is 0 Å². The van der Waals surface area contributed by atoms with Gasteiger partial charge >= 0.3 is 0 Å². The molecule has 104 valence electrons. The van der Waals surface area contributed by atoms with Crippen LogP contribution in [0.2, 0.25) is 0 Å². The first kappa shape index (κ1) is 14.3. The Kier molecular flexibility index (Phi) is 4.57. The van der Waals surface area contributed by atoms with Gasteiger partial charge in [0.2, 0.25) is 0 Å². The van der Waals surface area contributed by atoms with Crippen molar-refractivity contribution in [3.8, 4) is 5.75 Å². The van der Waals surface area contributed by atoms with Crippen LogP contribution in [-0.4, -0.2) is 5.78 Å². The van der Waals surface area contributed by atoms with Gasteiger partial charge in [-0.2, -0.15) is 0 Å². The number of aryl methyl sites for hydroxylation is 2. The van der Waals surface area contributed by atoms with E-state index in [1.54, 1.807) is 0 Å². The van der Waals surface area contributed by atoms with Gasteiger partial charge in [0.15, 0.2) is 5.78 Å². The maximum Gasteiger partial charge on any atom is 0.162 e. The summed E-state index contributed by atoms with van der Waals surface area (Å²) in [4.78, 5) is 11.5. The van der Waals surface area contributed by atoms with E-state index in [0.29, 0.717) is 13.0 Å². The molecule has 2 nitrogen and oxygen atoms in total. The molecular formula is C18H20O2. The van der Waals surface area contributed by atoms with Crippen LogP contribution in [0.15, 0.2) is 42.5 Å². The topological polar surface area (TPSA) is 26.3 Å². The van der Waals surface area contributed by atoms with Crippen molar-refractivity contribution in [2.24, 2.45) is 0 Å². The molecule has 0 atom stereocenters. The lowest BCUT2D eigenvalue weighted by molar-refractivity contribution is 0.0988. The molecule has 0 bridgehead atoms. The largest absolute Gasteiger partial charge is 0.489 e. The Morgan fingerprint density at radius 2 is 1.75 bits per heavy atom. The fraction of sp³-hybridized carbons (Fsp3) is 0.278. The van der Waals surface area contributed by atoms with Crippen molar-refractivity contribution in [2.45, 2.75) is 33.8 Å². The summed E-state index contributed by atoms with van der Waals surface area (Å²) >= 11 is 0. The highest BCUT2D eigenvalue weighted by Gasteiger charge is 2.04. The molecule has 0 fully saturated rings. The van der Waals surface area contributed by atoms with E-state index in [9.17, 15) is 4.79 Å². The molecule has 0 saturated heterocycles. The third kappa shape index (κ3) is 3.47. The summed E-state index contributed by atoms with van der Waals surface area (Å²) in [6.07, 6.45) is 0.530. The smallest absolute Gasteiger partial charge is 0.162 e. The monoisotopic (exact) mass is 268 g/mol. The van der Waals surface area contributed by atoms with E-state index < -0.39 is 0 Å². The van der Waals surface area contributed by atoms with Gasteiger partial charge in [-0.1, -0.05) is 30.7 Å². The van der Waals surface area contributed by atoms with Crippen molar-refractivity contribution in [1.29, 1.82) is 0 Å². The molecule has 0 aromatic heterocycles. The van der Waals surface area contributed by atoms with Gasteiger partial charge < -0.3 is 4.74 Å². The first-order valence-corrected chi connectivity index (χ1v) is 6.92. The first-order chi connectivity index (χ1) is 9.60. The van der Waals surface area contributed by atoms with Crippen LogP contribution in [-0.2, 0) is 6.61 Å². The van der Waals surface area contributed by atoms with Crippen LogP contribution in [0.5, 0.6) is 5.75 Å². The van der Waals surface area contributed by atoms with Crippen molar-refractivity contribution in [1.82, 2.24) is 0 Å². The number of carbonyl (C=O) groups is 1. The van der Waals surface area contributed by atoms with Gasteiger partial charge in [-0.15, -0.1) is 0 Å². The predicted molar refractivity (Wildman–Crippen MR) is 81.3 cm³/mol. The molecule has 2 aromatic carbocycles. The summed E-state index contributed by atoms with van der Waals surface area (Å²) < 4.78 is 5.78. The van der Waals surface area contributed by atoms with Crippen LogP contribution in [0, 0.1) is 13.8 Å². The zero-order chi connectivity index (χ0) is 14.5. The van der Waals surface area contributed by atoms with Crippen molar-refractivity contribution < 1.29 is 9.53 Å². The standard InChI is InChI=1S/C18H20O2/c1-4-18(19)15-7-9-17(10-8-15)20-12-16-11-13(2)5-6-14(16)3/h5-11H,4,12H2,1-3H3. The van der Waals surface area contributed by atoms with Gasteiger partial charge in [-0.25, -0.2) is 0 Å². The molecule has 0 spiro atoms. The maximum absolute atomic E-state index is 11.5. The van der Waals surface area contributed by atoms with Gasteiger partial charge in [-0.3, -0.25) is 4.79 Å². The highest BCUT2D eigenvalue weighted by Crippen LogP contribution is 2.17. The van der Waals surface area contributed by atoms with E-state index in [-0.39, 0.29) is 5.78 Å². The van der Waals surface area contributed by atoms with Crippen molar-refractivity contribution in [2.75, 3.05) is 0 Å². The zero-order valence-corrected chi connectivity index (χ0v) is 12.3. The lowest BCUT2D eigenvalue weighted by atomic mass is 10.1. The molecule has 2 aromatic rings. The number of benzene rings is 2. The zero-order valence-electron chi connectivity index (χ0n) is 12.3. The number of hydrogen-bond donors (Lipinski definition) is 0. The second-order valence-electron chi connectivity index (χ2n) is 5.02. The quantitative estimate of drug-likeness (QED) is 0.748. The van der Waals surface area contributed by atoms with Crippen LogP contribution in [0.4, 0.5) is 0 Å². The average molecular weight is 268 g/mol. The summed E-state index contributed by atoms with van der Waals surface area (Å²) in [7, 11) is 0. The Morgan fingerprint density at radius 1 is 1.05 bits per heavy atom. The minimum atomic E-state index is 0.158. The van der Waals surface area contributed by atoms with Crippen molar-refractivity contribution in [3.05, 3.63) is 64.7 Å². The summed E-state index contributed by atoms with van der Waals surface area (Å²) in [5.74, 6) is 0.949. The number of ketones is 1. The second-order valence-corrected chi connectivity index (χ2v) is 5.02. The number of ether oxygens (including phenoxy) is 1. The molecule has 0 aliphatic carbocycles. The first-order valence-electron chi connectivity index (χ1n) is 6.92. The maximum atomic E-state index is 11.5. The molecule has 0 radical (unpaired) electrons. The summed E-state index contributed by atoms with van der Waals surface area (Å²) in [5.41, 5.74) is 4.40. The molecule has 2 heteroatoms. The highest BCUT2D eigenvalue weighted by atomic mass is 16.5. The molecule has 0 heterocycles. The third-order valence-corrected chi connectivity index (χ3v) is 3.40. The third-order valence-electron chi connectivity index (χ3n) is 3.40. The Hall–Kier alpha value is -2.09. The minimum absolute atomic E-state index is 0.158. The van der Waals surface area contributed by atoms with Crippen LogP contribution in [0.3, 0.4) is 0 Å². The fourth-order valence-electron chi connectivity index (χ4n) is 2.06. The van der Waals surface area contributed by atoms with Gasteiger partial charge in [0.1, 0.15) is 12.4 Å². The lowest BCUT2D eigenvalue weighted by Gasteiger charge is -2.10. The van der Waals surface area contributed by atoms with Crippen molar-refractivity contribution >= 4 is 5.78 Å². The molecule has 0 saturated carbocycles. The molecule has 0 N–H and O–H groups in total. The van der Waals surface area contributed by atoms with E-state index in [1.165, 1.54) is 16.7 Å².